The molecule has 1 aromatic carbocycles. The fourth-order valence-corrected chi connectivity index (χ4v) is 3.19. The normalized spacial score (nSPS) is 15.9. The van der Waals surface area contributed by atoms with Gasteiger partial charge in [-0.25, -0.2) is 0 Å². The molecule has 0 saturated heterocycles. The van der Waals surface area contributed by atoms with Crippen molar-refractivity contribution in [3.8, 4) is 0 Å². The second kappa shape index (κ2) is 6.64. The quantitative estimate of drug-likeness (QED) is 0.744. The fraction of sp³-hybridized carbons (Fsp3) is 0.211. The number of carbonyl (C=O) groups is 1. The third-order valence-corrected chi connectivity index (χ3v) is 4.78. The maximum atomic E-state index is 13.2. The van der Waals surface area contributed by atoms with Crippen molar-refractivity contribution < 1.29 is 4.79 Å². The number of benzene rings is 1. The van der Waals surface area contributed by atoms with Gasteiger partial charge in [0, 0.05) is 17.6 Å². The first-order chi connectivity index (χ1) is 13.1. The Morgan fingerprint density at radius 2 is 2.00 bits per heavy atom. The van der Waals surface area contributed by atoms with Gasteiger partial charge >= 0.3 is 0 Å². The zero-order valence-electron chi connectivity index (χ0n) is 15.3. The predicted octanol–water partition coefficient (Wildman–Crippen LogP) is 2.61. The van der Waals surface area contributed by atoms with E-state index in [0.717, 1.165) is 16.8 Å². The minimum Gasteiger partial charge on any atom is -0.326 e. The minimum absolute atomic E-state index is 0.217. The highest BCUT2D eigenvalue weighted by atomic mass is 16.1. The maximum Gasteiger partial charge on any atom is 0.255 e. The van der Waals surface area contributed by atoms with Crippen molar-refractivity contribution in [3.63, 3.8) is 0 Å². The Labute approximate surface area is 156 Å². The second-order valence-electron chi connectivity index (χ2n) is 6.47. The SMILES string of the molecule is CC1=C(C(=O)Nc2cccc(C)c2C)[C@H](c2ccccn2)n2nnnc2N1. The summed E-state index contributed by atoms with van der Waals surface area (Å²) in [6.07, 6.45) is 1.69. The van der Waals surface area contributed by atoms with E-state index < -0.39 is 6.04 Å². The average molecular weight is 361 g/mol. The van der Waals surface area contributed by atoms with E-state index in [1.165, 1.54) is 0 Å². The molecule has 1 atom stereocenters. The Balaban J connectivity index is 1.77. The first-order valence-corrected chi connectivity index (χ1v) is 8.60. The van der Waals surface area contributed by atoms with E-state index in [-0.39, 0.29) is 5.91 Å². The largest absolute Gasteiger partial charge is 0.326 e. The molecular weight excluding hydrogens is 342 g/mol. The standard InChI is InChI=1S/C19H19N7O/c1-11-7-6-9-14(12(11)2)22-18(27)16-13(3)21-19-23-24-25-26(19)17(16)15-8-4-5-10-20-15/h4-10,17H,1-3H3,(H,22,27)(H,21,23,25)/t17-/m0/s1. The number of hydrogen-bond donors (Lipinski definition) is 2. The molecule has 27 heavy (non-hydrogen) atoms. The lowest BCUT2D eigenvalue weighted by molar-refractivity contribution is -0.113. The minimum atomic E-state index is -0.512. The Hall–Kier alpha value is -3.55. The average Bonchev–Trinajstić information content (AvgIpc) is 3.13. The highest BCUT2D eigenvalue weighted by molar-refractivity contribution is 6.06. The van der Waals surface area contributed by atoms with Crippen molar-refractivity contribution in [2.24, 2.45) is 0 Å². The number of aryl methyl sites for hydroxylation is 1. The number of nitrogens with zero attached hydrogens (tertiary/aromatic N) is 5. The number of fused-ring (bicyclic) bond motifs is 1. The highest BCUT2D eigenvalue weighted by Gasteiger charge is 2.34. The van der Waals surface area contributed by atoms with Crippen LogP contribution in [-0.2, 0) is 4.79 Å². The van der Waals surface area contributed by atoms with Gasteiger partial charge < -0.3 is 10.6 Å². The van der Waals surface area contributed by atoms with Gasteiger partial charge in [0.1, 0.15) is 6.04 Å². The third kappa shape index (κ3) is 2.95. The molecule has 2 N–H and O–H groups in total. The highest BCUT2D eigenvalue weighted by Crippen LogP contribution is 2.34. The molecule has 0 spiro atoms. The Morgan fingerprint density at radius 1 is 1.15 bits per heavy atom. The summed E-state index contributed by atoms with van der Waals surface area (Å²) in [6.45, 7) is 5.84. The molecule has 136 valence electrons. The lowest BCUT2D eigenvalue weighted by Gasteiger charge is -2.27. The van der Waals surface area contributed by atoms with Gasteiger partial charge in [-0.15, -0.1) is 0 Å². The molecule has 2 aromatic heterocycles. The van der Waals surface area contributed by atoms with Gasteiger partial charge in [-0.1, -0.05) is 23.3 Å². The number of anilines is 2. The summed E-state index contributed by atoms with van der Waals surface area (Å²) < 4.78 is 1.58. The maximum absolute atomic E-state index is 13.2. The van der Waals surface area contributed by atoms with E-state index in [9.17, 15) is 4.79 Å². The van der Waals surface area contributed by atoms with E-state index >= 15 is 0 Å². The number of pyridine rings is 1. The molecule has 1 aliphatic rings. The first-order valence-electron chi connectivity index (χ1n) is 8.60. The van der Waals surface area contributed by atoms with E-state index in [4.69, 9.17) is 0 Å². The Morgan fingerprint density at radius 3 is 2.78 bits per heavy atom. The molecule has 3 aromatic rings. The van der Waals surface area contributed by atoms with Crippen LogP contribution in [0.15, 0.2) is 53.9 Å². The molecule has 0 bridgehead atoms. The van der Waals surface area contributed by atoms with Crippen molar-refractivity contribution in [2.45, 2.75) is 26.8 Å². The number of rotatable bonds is 3. The van der Waals surface area contributed by atoms with Crippen molar-refractivity contribution in [1.29, 1.82) is 0 Å². The summed E-state index contributed by atoms with van der Waals surface area (Å²) in [5, 5.41) is 17.9. The Kier molecular flexibility index (Phi) is 4.15. The second-order valence-corrected chi connectivity index (χ2v) is 6.47. The summed E-state index contributed by atoms with van der Waals surface area (Å²) in [4.78, 5) is 17.7. The summed E-state index contributed by atoms with van der Waals surface area (Å²) >= 11 is 0. The number of tetrazole rings is 1. The molecule has 0 aliphatic carbocycles. The molecule has 1 amide bonds. The van der Waals surface area contributed by atoms with Crippen LogP contribution in [0.5, 0.6) is 0 Å². The Bertz CT molecular complexity index is 1040. The zero-order valence-corrected chi connectivity index (χ0v) is 15.3. The molecular formula is C19H19N7O. The molecule has 0 fully saturated rings. The van der Waals surface area contributed by atoms with Crippen LogP contribution in [0.2, 0.25) is 0 Å². The molecule has 0 saturated carbocycles. The summed E-state index contributed by atoms with van der Waals surface area (Å²) in [7, 11) is 0. The van der Waals surface area contributed by atoms with E-state index in [1.54, 1.807) is 10.9 Å². The van der Waals surface area contributed by atoms with Crippen molar-refractivity contribution in [1.82, 2.24) is 25.2 Å². The number of hydrogen-bond acceptors (Lipinski definition) is 6. The third-order valence-electron chi connectivity index (χ3n) is 4.78. The van der Waals surface area contributed by atoms with Crippen LogP contribution in [0.1, 0.15) is 29.8 Å². The van der Waals surface area contributed by atoms with E-state index in [0.29, 0.717) is 22.9 Å². The smallest absolute Gasteiger partial charge is 0.255 e. The van der Waals surface area contributed by atoms with Crippen LogP contribution < -0.4 is 10.6 Å². The van der Waals surface area contributed by atoms with Crippen LogP contribution in [0.3, 0.4) is 0 Å². The van der Waals surface area contributed by atoms with E-state index in [1.807, 2.05) is 57.2 Å². The number of carbonyl (C=O) groups excluding carboxylic acids is 1. The predicted molar refractivity (Wildman–Crippen MR) is 101 cm³/mol. The molecule has 0 radical (unpaired) electrons. The van der Waals surface area contributed by atoms with Crippen LogP contribution in [0.25, 0.3) is 0 Å². The van der Waals surface area contributed by atoms with Gasteiger partial charge in [0.2, 0.25) is 5.95 Å². The first kappa shape index (κ1) is 16.9. The van der Waals surface area contributed by atoms with Gasteiger partial charge in [0.25, 0.3) is 5.91 Å². The van der Waals surface area contributed by atoms with Gasteiger partial charge in [-0.3, -0.25) is 9.78 Å². The monoisotopic (exact) mass is 361 g/mol. The number of nitrogens with one attached hydrogen (secondary N) is 2. The van der Waals surface area contributed by atoms with Crippen molar-refractivity contribution >= 4 is 17.5 Å². The summed E-state index contributed by atoms with van der Waals surface area (Å²) in [5.74, 6) is 0.261. The summed E-state index contributed by atoms with van der Waals surface area (Å²) in [6, 6.07) is 10.9. The van der Waals surface area contributed by atoms with Gasteiger partial charge in [0.05, 0.1) is 11.3 Å². The lowest BCUT2D eigenvalue weighted by atomic mass is 9.98. The molecule has 8 nitrogen and oxygen atoms in total. The van der Waals surface area contributed by atoms with Gasteiger partial charge in [0.15, 0.2) is 0 Å². The van der Waals surface area contributed by atoms with Crippen molar-refractivity contribution in [2.75, 3.05) is 10.6 Å². The van der Waals surface area contributed by atoms with Crippen LogP contribution in [0.4, 0.5) is 11.6 Å². The molecule has 8 heteroatoms. The molecule has 0 unspecified atom stereocenters. The zero-order chi connectivity index (χ0) is 19.0. The molecule has 4 rings (SSSR count). The van der Waals surface area contributed by atoms with Crippen LogP contribution >= 0.6 is 0 Å². The number of aromatic nitrogens is 5. The van der Waals surface area contributed by atoms with Crippen molar-refractivity contribution in [3.05, 3.63) is 70.7 Å². The number of amides is 1. The van der Waals surface area contributed by atoms with Crippen LogP contribution in [0, 0.1) is 13.8 Å². The molecule has 1 aliphatic heterocycles. The van der Waals surface area contributed by atoms with Gasteiger partial charge in [-0.2, -0.15) is 4.68 Å². The van der Waals surface area contributed by atoms with E-state index in [2.05, 4.69) is 31.1 Å². The fourth-order valence-electron chi connectivity index (χ4n) is 3.19. The van der Waals surface area contributed by atoms with Gasteiger partial charge in [-0.05, 0) is 60.5 Å². The topological polar surface area (TPSA) is 97.6 Å². The molecule has 3 heterocycles. The summed E-state index contributed by atoms with van der Waals surface area (Å²) in [5.41, 5.74) is 4.83. The van der Waals surface area contributed by atoms with Crippen LogP contribution in [-0.4, -0.2) is 31.1 Å². The number of allylic oxidation sites excluding steroid dienone is 1. The lowest BCUT2D eigenvalue weighted by Crippen LogP contribution is -2.32.